The van der Waals surface area contributed by atoms with Crippen molar-refractivity contribution in [2.24, 2.45) is 11.1 Å². The van der Waals surface area contributed by atoms with Gasteiger partial charge in [0.2, 0.25) is 0 Å². The summed E-state index contributed by atoms with van der Waals surface area (Å²) in [4.78, 5) is 0. The van der Waals surface area contributed by atoms with Crippen molar-refractivity contribution in [2.45, 2.75) is 25.2 Å². The summed E-state index contributed by atoms with van der Waals surface area (Å²) in [6.07, 6.45) is 2.44. The minimum Gasteiger partial charge on any atom is -0.493 e. The van der Waals surface area contributed by atoms with E-state index in [4.69, 9.17) is 15.2 Å². The molecule has 3 heteroatoms. The molecule has 1 saturated heterocycles. The van der Waals surface area contributed by atoms with E-state index in [1.54, 1.807) is 0 Å². The molecule has 3 rings (SSSR count). The molecule has 1 heterocycles. The molecule has 0 bridgehead atoms. The maximum atomic E-state index is 5.84. The Morgan fingerprint density at radius 3 is 2.33 bits per heavy atom. The van der Waals surface area contributed by atoms with Crippen LogP contribution in [-0.4, -0.2) is 26.4 Å². The van der Waals surface area contributed by atoms with Gasteiger partial charge in [-0.25, -0.2) is 0 Å². The summed E-state index contributed by atoms with van der Waals surface area (Å²) in [5.74, 6) is 0.944. The van der Waals surface area contributed by atoms with Crippen LogP contribution < -0.4 is 10.5 Å². The van der Waals surface area contributed by atoms with Crippen LogP contribution >= 0.6 is 0 Å². The van der Waals surface area contributed by atoms with Crippen molar-refractivity contribution >= 4 is 0 Å². The first kappa shape index (κ1) is 12.0. The molecule has 0 amide bonds. The van der Waals surface area contributed by atoms with Crippen molar-refractivity contribution in [2.75, 3.05) is 26.4 Å². The summed E-state index contributed by atoms with van der Waals surface area (Å²) in [6.45, 7) is 5.29. The van der Waals surface area contributed by atoms with Crippen LogP contribution in [0.4, 0.5) is 0 Å². The molecule has 0 unspecified atom stereocenters. The van der Waals surface area contributed by atoms with Gasteiger partial charge in [0.1, 0.15) is 5.75 Å². The van der Waals surface area contributed by atoms with Gasteiger partial charge in [0, 0.05) is 17.4 Å². The highest BCUT2D eigenvalue weighted by atomic mass is 16.5. The first-order valence-corrected chi connectivity index (χ1v) is 6.67. The van der Waals surface area contributed by atoms with Gasteiger partial charge in [0.15, 0.2) is 0 Å². The van der Waals surface area contributed by atoms with Crippen LogP contribution in [-0.2, 0) is 10.2 Å². The molecule has 2 N–H and O–H groups in total. The van der Waals surface area contributed by atoms with Crippen LogP contribution in [0.3, 0.4) is 0 Å². The van der Waals surface area contributed by atoms with Crippen molar-refractivity contribution in [1.29, 1.82) is 0 Å². The molecule has 18 heavy (non-hydrogen) atoms. The summed E-state index contributed by atoms with van der Waals surface area (Å²) < 4.78 is 11.0. The average molecular weight is 247 g/mol. The zero-order chi connectivity index (χ0) is 12.6. The Morgan fingerprint density at radius 2 is 1.89 bits per heavy atom. The molecule has 0 spiro atoms. The van der Waals surface area contributed by atoms with Gasteiger partial charge in [-0.1, -0.05) is 19.1 Å². The molecule has 1 saturated carbocycles. The topological polar surface area (TPSA) is 44.5 Å². The lowest BCUT2D eigenvalue weighted by molar-refractivity contribution is -0.120. The second-order valence-electron chi connectivity index (χ2n) is 6.10. The van der Waals surface area contributed by atoms with Crippen molar-refractivity contribution in [3.63, 3.8) is 0 Å². The smallest absolute Gasteiger partial charge is 0.119 e. The third kappa shape index (κ3) is 2.13. The minimum absolute atomic E-state index is 0.202. The van der Waals surface area contributed by atoms with E-state index in [9.17, 15) is 0 Å². The number of benzene rings is 1. The predicted molar refractivity (Wildman–Crippen MR) is 70.8 cm³/mol. The van der Waals surface area contributed by atoms with E-state index in [0.29, 0.717) is 0 Å². The lowest BCUT2D eigenvalue weighted by Crippen LogP contribution is -2.44. The first-order chi connectivity index (χ1) is 8.66. The molecule has 0 atom stereocenters. The number of rotatable bonds is 5. The summed E-state index contributed by atoms with van der Waals surface area (Å²) in [5, 5.41) is 0. The highest BCUT2D eigenvalue weighted by Gasteiger charge is 2.42. The zero-order valence-corrected chi connectivity index (χ0v) is 10.9. The normalized spacial score (nSPS) is 23.2. The van der Waals surface area contributed by atoms with Gasteiger partial charge in [-0.15, -0.1) is 0 Å². The molecule has 1 aromatic rings. The Labute approximate surface area is 108 Å². The molecule has 0 aromatic heterocycles. The van der Waals surface area contributed by atoms with Gasteiger partial charge >= 0.3 is 0 Å². The van der Waals surface area contributed by atoms with Crippen LogP contribution in [0.25, 0.3) is 0 Å². The number of ether oxygens (including phenoxy) is 2. The van der Waals surface area contributed by atoms with Gasteiger partial charge in [-0.2, -0.15) is 0 Å². The van der Waals surface area contributed by atoms with Crippen molar-refractivity contribution in [1.82, 2.24) is 0 Å². The summed E-state index contributed by atoms with van der Waals surface area (Å²) in [6, 6.07) is 8.45. The Morgan fingerprint density at radius 1 is 1.22 bits per heavy atom. The first-order valence-electron chi connectivity index (χ1n) is 6.67. The molecular weight excluding hydrogens is 226 g/mol. The fourth-order valence-corrected chi connectivity index (χ4v) is 2.46. The molecule has 2 aliphatic rings. The highest BCUT2D eigenvalue weighted by Crippen LogP contribution is 2.47. The molecule has 1 aliphatic carbocycles. The third-order valence-electron chi connectivity index (χ3n) is 4.20. The van der Waals surface area contributed by atoms with E-state index < -0.39 is 0 Å². The monoisotopic (exact) mass is 247 g/mol. The standard InChI is InChI=1S/C15H21NO2/c1-14(9-17-10-14)11-18-13-4-2-12(3-5-13)15(8-16)6-7-15/h2-5H,6-11,16H2,1H3. The second kappa shape index (κ2) is 4.25. The summed E-state index contributed by atoms with van der Waals surface area (Å²) >= 11 is 0. The van der Waals surface area contributed by atoms with Crippen LogP contribution in [0.5, 0.6) is 5.75 Å². The molecule has 1 aliphatic heterocycles. The Balaban J connectivity index is 1.61. The van der Waals surface area contributed by atoms with Gasteiger partial charge in [0.05, 0.1) is 19.8 Å². The van der Waals surface area contributed by atoms with E-state index in [0.717, 1.165) is 32.1 Å². The van der Waals surface area contributed by atoms with Gasteiger partial charge in [-0.3, -0.25) is 0 Å². The van der Waals surface area contributed by atoms with Crippen LogP contribution in [0, 0.1) is 5.41 Å². The molecule has 1 aromatic carbocycles. The number of hydrogen-bond acceptors (Lipinski definition) is 3. The number of nitrogens with two attached hydrogens (primary N) is 1. The van der Waals surface area contributed by atoms with E-state index >= 15 is 0 Å². The van der Waals surface area contributed by atoms with E-state index in [2.05, 4.69) is 31.2 Å². The van der Waals surface area contributed by atoms with Crippen LogP contribution in [0.2, 0.25) is 0 Å². The Bertz CT molecular complexity index is 419. The maximum Gasteiger partial charge on any atom is 0.119 e. The fourth-order valence-electron chi connectivity index (χ4n) is 2.46. The van der Waals surface area contributed by atoms with Crippen molar-refractivity contribution in [3.8, 4) is 5.75 Å². The summed E-state index contributed by atoms with van der Waals surface area (Å²) in [7, 11) is 0. The fraction of sp³-hybridized carbons (Fsp3) is 0.600. The second-order valence-corrected chi connectivity index (χ2v) is 6.10. The summed E-state index contributed by atoms with van der Waals surface area (Å²) in [5.41, 5.74) is 7.66. The van der Waals surface area contributed by atoms with E-state index in [1.807, 2.05) is 0 Å². The highest BCUT2D eigenvalue weighted by molar-refractivity contribution is 5.36. The Kier molecular flexibility index (Phi) is 2.83. The zero-order valence-electron chi connectivity index (χ0n) is 10.9. The van der Waals surface area contributed by atoms with Gasteiger partial charge < -0.3 is 15.2 Å². The van der Waals surface area contributed by atoms with Crippen LogP contribution in [0.1, 0.15) is 25.3 Å². The molecule has 3 nitrogen and oxygen atoms in total. The molecule has 2 fully saturated rings. The quantitative estimate of drug-likeness (QED) is 0.866. The lowest BCUT2D eigenvalue weighted by Gasteiger charge is -2.37. The van der Waals surface area contributed by atoms with Crippen molar-refractivity contribution < 1.29 is 9.47 Å². The predicted octanol–water partition coefficient (Wildman–Crippen LogP) is 2.09. The minimum atomic E-state index is 0.202. The number of hydrogen-bond donors (Lipinski definition) is 1. The van der Waals surface area contributed by atoms with Crippen molar-refractivity contribution in [3.05, 3.63) is 29.8 Å². The molecular formula is C15H21NO2. The molecule has 0 radical (unpaired) electrons. The third-order valence-corrected chi connectivity index (χ3v) is 4.20. The van der Waals surface area contributed by atoms with E-state index in [1.165, 1.54) is 18.4 Å². The van der Waals surface area contributed by atoms with Gasteiger partial charge in [0.25, 0.3) is 0 Å². The largest absolute Gasteiger partial charge is 0.493 e. The maximum absolute atomic E-state index is 5.84. The van der Waals surface area contributed by atoms with Crippen LogP contribution in [0.15, 0.2) is 24.3 Å². The average Bonchev–Trinajstić information content (AvgIpc) is 3.16. The lowest BCUT2D eigenvalue weighted by atomic mass is 9.90. The SMILES string of the molecule is CC1(COc2ccc(C3(CN)CC3)cc2)COC1. The van der Waals surface area contributed by atoms with Gasteiger partial charge in [-0.05, 0) is 30.5 Å². The molecule has 98 valence electrons. The Hall–Kier alpha value is -1.06. The van der Waals surface area contributed by atoms with E-state index in [-0.39, 0.29) is 10.8 Å².